The number of benzene rings is 1. The van der Waals surface area contributed by atoms with E-state index in [9.17, 15) is 4.79 Å². The van der Waals surface area contributed by atoms with E-state index in [0.717, 1.165) is 5.69 Å². The molecule has 1 aromatic rings. The normalized spacial score (nSPS) is 13.9. The molecule has 0 fully saturated rings. The monoisotopic (exact) mass is 312 g/mol. The van der Waals surface area contributed by atoms with Crippen LogP contribution in [0.5, 0.6) is 0 Å². The van der Waals surface area contributed by atoms with Gasteiger partial charge in [0.05, 0.1) is 16.7 Å². The molecular formula is C16H25ClN2O2. The summed E-state index contributed by atoms with van der Waals surface area (Å²) in [6.07, 6.45) is -0.0324. The fraction of sp³-hybridized carbons (Fsp3) is 0.562. The molecule has 0 bridgehead atoms. The summed E-state index contributed by atoms with van der Waals surface area (Å²) in [6, 6.07) is 5.73. The minimum absolute atomic E-state index is 0.0324. The lowest BCUT2D eigenvalue weighted by atomic mass is 10.1. The summed E-state index contributed by atoms with van der Waals surface area (Å²) in [5, 5.41) is 6.64. The highest BCUT2D eigenvalue weighted by atomic mass is 35.5. The Morgan fingerprint density at radius 3 is 2.52 bits per heavy atom. The Labute approximate surface area is 132 Å². The molecule has 118 valence electrons. The van der Waals surface area contributed by atoms with Crippen LogP contribution in [0.1, 0.15) is 38.1 Å². The van der Waals surface area contributed by atoms with Gasteiger partial charge in [0.15, 0.2) is 0 Å². The minimum Gasteiger partial charge on any atom is -0.382 e. The van der Waals surface area contributed by atoms with Crippen LogP contribution in [0.2, 0.25) is 5.02 Å². The Morgan fingerprint density at radius 2 is 1.95 bits per heavy atom. The first-order chi connectivity index (χ1) is 9.85. The largest absolute Gasteiger partial charge is 0.382 e. The molecule has 0 aliphatic carbocycles. The average molecular weight is 313 g/mol. The summed E-state index contributed by atoms with van der Waals surface area (Å²) in [4.78, 5) is 12.2. The SMILES string of the molecule is COC(C)CNC(=O)c1cc(NC(C)C(C)C)ccc1Cl. The molecule has 1 aromatic carbocycles. The van der Waals surface area contributed by atoms with E-state index in [0.29, 0.717) is 29.1 Å². The molecule has 0 radical (unpaired) electrons. The van der Waals surface area contributed by atoms with Crippen LogP contribution in [0, 0.1) is 5.92 Å². The number of hydrogen-bond donors (Lipinski definition) is 2. The lowest BCUT2D eigenvalue weighted by molar-refractivity contribution is 0.0870. The summed E-state index contributed by atoms with van der Waals surface area (Å²) in [6.45, 7) is 8.75. The van der Waals surface area contributed by atoms with Crippen LogP contribution >= 0.6 is 11.6 Å². The first-order valence-corrected chi connectivity index (χ1v) is 7.60. The lowest BCUT2D eigenvalue weighted by Gasteiger charge is -2.19. The van der Waals surface area contributed by atoms with Crippen molar-refractivity contribution in [3.05, 3.63) is 28.8 Å². The highest BCUT2D eigenvalue weighted by Crippen LogP contribution is 2.22. The summed E-state index contributed by atoms with van der Waals surface area (Å²) in [7, 11) is 1.61. The van der Waals surface area contributed by atoms with Crippen LogP contribution in [0.15, 0.2) is 18.2 Å². The van der Waals surface area contributed by atoms with Gasteiger partial charge in [0.2, 0.25) is 0 Å². The highest BCUT2D eigenvalue weighted by Gasteiger charge is 2.13. The summed E-state index contributed by atoms with van der Waals surface area (Å²) in [5.41, 5.74) is 1.37. The predicted octanol–water partition coefficient (Wildman–Crippen LogP) is 3.56. The van der Waals surface area contributed by atoms with E-state index in [4.69, 9.17) is 16.3 Å². The van der Waals surface area contributed by atoms with E-state index in [1.165, 1.54) is 0 Å². The zero-order valence-corrected chi connectivity index (χ0v) is 14.1. The van der Waals surface area contributed by atoms with Gasteiger partial charge in [-0.15, -0.1) is 0 Å². The molecule has 4 nitrogen and oxygen atoms in total. The Kier molecular flexibility index (Phi) is 6.99. The zero-order valence-electron chi connectivity index (χ0n) is 13.4. The van der Waals surface area contributed by atoms with Crippen molar-refractivity contribution in [1.29, 1.82) is 0 Å². The van der Waals surface area contributed by atoms with E-state index < -0.39 is 0 Å². The number of hydrogen-bond acceptors (Lipinski definition) is 3. The Morgan fingerprint density at radius 1 is 1.29 bits per heavy atom. The third kappa shape index (κ3) is 5.56. The van der Waals surface area contributed by atoms with Crippen molar-refractivity contribution < 1.29 is 9.53 Å². The van der Waals surface area contributed by atoms with Gasteiger partial charge in [-0.1, -0.05) is 25.4 Å². The molecule has 0 aromatic heterocycles. The van der Waals surface area contributed by atoms with Crippen molar-refractivity contribution in [3.63, 3.8) is 0 Å². The van der Waals surface area contributed by atoms with E-state index in [1.807, 2.05) is 13.0 Å². The number of halogens is 1. The molecule has 0 heterocycles. The van der Waals surface area contributed by atoms with Gasteiger partial charge in [-0.3, -0.25) is 4.79 Å². The van der Waals surface area contributed by atoms with Crippen molar-refractivity contribution in [2.75, 3.05) is 19.0 Å². The lowest BCUT2D eigenvalue weighted by Crippen LogP contribution is -2.31. The summed E-state index contributed by atoms with van der Waals surface area (Å²) in [5.74, 6) is 0.310. The molecule has 2 unspecified atom stereocenters. The van der Waals surface area contributed by atoms with Gasteiger partial charge in [0.1, 0.15) is 0 Å². The van der Waals surface area contributed by atoms with Crippen LogP contribution < -0.4 is 10.6 Å². The molecular weight excluding hydrogens is 288 g/mol. The molecule has 0 aliphatic heterocycles. The molecule has 1 rings (SSSR count). The van der Waals surface area contributed by atoms with Crippen molar-refractivity contribution in [1.82, 2.24) is 5.32 Å². The smallest absolute Gasteiger partial charge is 0.252 e. The predicted molar refractivity (Wildman–Crippen MR) is 88.2 cm³/mol. The molecule has 2 atom stereocenters. The number of anilines is 1. The van der Waals surface area contributed by atoms with Crippen molar-refractivity contribution in [3.8, 4) is 0 Å². The molecule has 21 heavy (non-hydrogen) atoms. The molecule has 2 N–H and O–H groups in total. The fourth-order valence-corrected chi connectivity index (χ4v) is 1.84. The number of carbonyl (C=O) groups excluding carboxylic acids is 1. The van der Waals surface area contributed by atoms with Crippen molar-refractivity contribution in [2.45, 2.75) is 39.8 Å². The van der Waals surface area contributed by atoms with E-state index >= 15 is 0 Å². The second-order valence-corrected chi connectivity index (χ2v) is 6.04. The van der Waals surface area contributed by atoms with E-state index in [-0.39, 0.29) is 12.0 Å². The van der Waals surface area contributed by atoms with E-state index in [1.54, 1.807) is 19.2 Å². The molecule has 0 spiro atoms. The molecule has 0 saturated heterocycles. The average Bonchev–Trinajstić information content (AvgIpc) is 2.46. The summed E-state index contributed by atoms with van der Waals surface area (Å²) >= 11 is 6.12. The van der Waals surface area contributed by atoms with Crippen molar-refractivity contribution >= 4 is 23.2 Å². The van der Waals surface area contributed by atoms with Gasteiger partial charge < -0.3 is 15.4 Å². The van der Waals surface area contributed by atoms with Gasteiger partial charge >= 0.3 is 0 Å². The minimum atomic E-state index is -0.190. The quantitative estimate of drug-likeness (QED) is 0.809. The first-order valence-electron chi connectivity index (χ1n) is 7.22. The van der Waals surface area contributed by atoms with Gasteiger partial charge in [0.25, 0.3) is 5.91 Å². The fourth-order valence-electron chi connectivity index (χ4n) is 1.63. The Balaban J connectivity index is 2.79. The number of rotatable bonds is 7. The molecule has 5 heteroatoms. The van der Waals surface area contributed by atoms with Crippen LogP contribution in [0.4, 0.5) is 5.69 Å². The van der Waals surface area contributed by atoms with Crippen molar-refractivity contribution in [2.24, 2.45) is 5.92 Å². The van der Waals surface area contributed by atoms with Gasteiger partial charge in [-0.05, 0) is 38.0 Å². The Bertz CT molecular complexity index is 477. The second-order valence-electron chi connectivity index (χ2n) is 5.63. The van der Waals surface area contributed by atoms with Crippen LogP contribution in [0.3, 0.4) is 0 Å². The number of ether oxygens (including phenoxy) is 1. The third-order valence-corrected chi connectivity index (χ3v) is 3.89. The van der Waals surface area contributed by atoms with Gasteiger partial charge in [-0.25, -0.2) is 0 Å². The number of amides is 1. The molecule has 1 amide bonds. The summed E-state index contributed by atoms with van der Waals surface area (Å²) < 4.78 is 5.11. The molecule has 0 aliphatic rings. The Hall–Kier alpha value is -1.26. The van der Waals surface area contributed by atoms with Gasteiger partial charge in [-0.2, -0.15) is 0 Å². The third-order valence-electron chi connectivity index (χ3n) is 3.56. The maximum atomic E-state index is 12.2. The number of methoxy groups -OCH3 is 1. The number of carbonyl (C=O) groups is 1. The maximum Gasteiger partial charge on any atom is 0.252 e. The zero-order chi connectivity index (χ0) is 16.0. The number of nitrogens with one attached hydrogen (secondary N) is 2. The van der Waals surface area contributed by atoms with Crippen LogP contribution in [0.25, 0.3) is 0 Å². The highest BCUT2D eigenvalue weighted by molar-refractivity contribution is 6.34. The first kappa shape index (κ1) is 17.8. The van der Waals surface area contributed by atoms with Crippen LogP contribution in [-0.2, 0) is 4.74 Å². The van der Waals surface area contributed by atoms with Crippen LogP contribution in [-0.4, -0.2) is 31.7 Å². The maximum absolute atomic E-state index is 12.2. The van der Waals surface area contributed by atoms with E-state index in [2.05, 4.69) is 31.4 Å². The second kappa shape index (κ2) is 8.25. The molecule has 0 saturated carbocycles. The standard InChI is InChI=1S/C16H25ClN2O2/c1-10(2)12(4)19-13-6-7-15(17)14(8-13)16(20)18-9-11(3)21-5/h6-8,10-12,19H,9H2,1-5H3,(H,18,20). The topological polar surface area (TPSA) is 50.4 Å². The van der Waals surface area contributed by atoms with Gasteiger partial charge in [0, 0.05) is 25.4 Å².